The van der Waals surface area contributed by atoms with Gasteiger partial charge in [0.25, 0.3) is 5.91 Å². The zero-order valence-corrected chi connectivity index (χ0v) is 16.2. The molecule has 2 aromatic carbocycles. The number of ether oxygens (including phenoxy) is 1. The summed E-state index contributed by atoms with van der Waals surface area (Å²) in [4.78, 5) is 27.0. The van der Waals surface area contributed by atoms with E-state index in [4.69, 9.17) is 16.3 Å². The Labute approximate surface area is 178 Å². The number of nitro groups is 1. The minimum Gasteiger partial charge on any atom is -0.467 e. The lowest BCUT2D eigenvalue weighted by Crippen LogP contribution is -2.26. The van der Waals surface area contributed by atoms with Crippen molar-refractivity contribution in [1.82, 2.24) is 4.98 Å². The molecule has 11 heteroatoms. The third-order valence-electron chi connectivity index (χ3n) is 4.06. The lowest BCUT2D eigenvalue weighted by Gasteiger charge is -2.19. The summed E-state index contributed by atoms with van der Waals surface area (Å²) in [6, 6.07) is 13.1. The summed E-state index contributed by atoms with van der Waals surface area (Å²) in [6.45, 7) is 0. The van der Waals surface area contributed by atoms with Gasteiger partial charge >= 0.3 is 12.0 Å². The van der Waals surface area contributed by atoms with Crippen LogP contribution >= 0.6 is 11.6 Å². The number of pyridine rings is 1. The Bertz CT molecular complexity index is 1110. The number of carbonyl (C=O) groups excluding carboxylic acids is 1. The molecule has 1 atom stereocenters. The Morgan fingerprint density at radius 2 is 1.84 bits per heavy atom. The SMILES string of the molecule is O=C(Nc1cc(C(F)(F)F)ccc1Cl)C(Oc1cccnc1[N+](=O)[O-])c1ccccc1. The summed E-state index contributed by atoms with van der Waals surface area (Å²) in [5.74, 6) is -1.79. The van der Waals surface area contributed by atoms with E-state index in [0.717, 1.165) is 12.1 Å². The third kappa shape index (κ3) is 5.28. The van der Waals surface area contributed by atoms with Crippen LogP contribution in [0.2, 0.25) is 5.02 Å². The first-order chi connectivity index (χ1) is 14.7. The van der Waals surface area contributed by atoms with Crippen molar-refractivity contribution < 1.29 is 27.6 Å². The smallest absolute Gasteiger partial charge is 0.416 e. The molecule has 1 amide bonds. The fraction of sp³-hybridized carbons (Fsp3) is 0.100. The van der Waals surface area contributed by atoms with Crippen molar-refractivity contribution in [3.05, 3.63) is 93.1 Å². The van der Waals surface area contributed by atoms with Crippen LogP contribution in [-0.2, 0) is 11.0 Å². The molecular weight excluding hydrogens is 439 g/mol. The van der Waals surface area contributed by atoms with Crippen molar-refractivity contribution in [3.8, 4) is 5.75 Å². The highest BCUT2D eigenvalue weighted by molar-refractivity contribution is 6.33. The molecule has 0 spiro atoms. The Hall–Kier alpha value is -3.66. The van der Waals surface area contributed by atoms with Crippen LogP contribution in [0.3, 0.4) is 0 Å². The predicted molar refractivity (Wildman–Crippen MR) is 106 cm³/mol. The Balaban J connectivity index is 1.96. The molecule has 1 aromatic heterocycles. The van der Waals surface area contributed by atoms with Crippen molar-refractivity contribution >= 4 is 29.0 Å². The summed E-state index contributed by atoms with van der Waals surface area (Å²) in [6.07, 6.45) is -4.89. The van der Waals surface area contributed by atoms with Crippen LogP contribution in [0.5, 0.6) is 5.75 Å². The van der Waals surface area contributed by atoms with Crippen molar-refractivity contribution in [2.75, 3.05) is 5.32 Å². The average Bonchev–Trinajstić information content (AvgIpc) is 2.73. The summed E-state index contributed by atoms with van der Waals surface area (Å²) in [5, 5.41) is 13.4. The van der Waals surface area contributed by atoms with Crippen LogP contribution in [0, 0.1) is 10.1 Å². The second kappa shape index (κ2) is 9.00. The summed E-state index contributed by atoms with van der Waals surface area (Å²) >= 11 is 5.95. The van der Waals surface area contributed by atoms with Crippen LogP contribution in [0.4, 0.5) is 24.7 Å². The zero-order chi connectivity index (χ0) is 22.6. The second-order valence-electron chi connectivity index (χ2n) is 6.17. The molecule has 0 saturated carbocycles. The maximum atomic E-state index is 13.0. The molecule has 1 N–H and O–H groups in total. The Morgan fingerprint density at radius 1 is 1.13 bits per heavy atom. The van der Waals surface area contributed by atoms with Gasteiger partial charge in [-0.05, 0) is 40.2 Å². The van der Waals surface area contributed by atoms with Crippen LogP contribution < -0.4 is 10.1 Å². The van der Waals surface area contributed by atoms with Gasteiger partial charge in [-0.15, -0.1) is 0 Å². The van der Waals surface area contributed by atoms with E-state index in [-0.39, 0.29) is 16.5 Å². The number of nitrogens with zero attached hydrogens (tertiary/aromatic N) is 2. The van der Waals surface area contributed by atoms with Crippen molar-refractivity contribution in [2.24, 2.45) is 0 Å². The van der Waals surface area contributed by atoms with E-state index in [9.17, 15) is 28.1 Å². The predicted octanol–water partition coefficient (Wildman–Crippen LogP) is 5.42. The van der Waals surface area contributed by atoms with E-state index >= 15 is 0 Å². The minimum atomic E-state index is -4.64. The van der Waals surface area contributed by atoms with Gasteiger partial charge in [0.15, 0.2) is 0 Å². The Kier molecular flexibility index (Phi) is 6.40. The molecule has 1 heterocycles. The number of anilines is 1. The molecule has 31 heavy (non-hydrogen) atoms. The molecule has 1 unspecified atom stereocenters. The minimum absolute atomic E-state index is 0.125. The van der Waals surface area contributed by atoms with Gasteiger partial charge in [0.05, 0.1) is 16.3 Å². The molecule has 0 fully saturated rings. The molecular formula is C20H13ClF3N3O4. The monoisotopic (exact) mass is 451 g/mol. The lowest BCUT2D eigenvalue weighted by molar-refractivity contribution is -0.390. The van der Waals surface area contributed by atoms with Gasteiger partial charge in [0, 0.05) is 5.56 Å². The number of alkyl halides is 3. The van der Waals surface area contributed by atoms with Crippen molar-refractivity contribution in [2.45, 2.75) is 12.3 Å². The van der Waals surface area contributed by atoms with Gasteiger partial charge in [0.2, 0.25) is 11.9 Å². The Morgan fingerprint density at radius 3 is 2.48 bits per heavy atom. The number of nitrogens with one attached hydrogen (secondary N) is 1. The molecule has 0 bridgehead atoms. The molecule has 160 valence electrons. The first kappa shape index (κ1) is 22.0. The average molecular weight is 452 g/mol. The van der Waals surface area contributed by atoms with E-state index in [1.54, 1.807) is 18.2 Å². The van der Waals surface area contributed by atoms with Crippen molar-refractivity contribution in [3.63, 3.8) is 0 Å². The van der Waals surface area contributed by atoms with Crippen LogP contribution in [-0.4, -0.2) is 15.8 Å². The molecule has 0 aliphatic heterocycles. The number of rotatable bonds is 6. The van der Waals surface area contributed by atoms with Crippen LogP contribution in [0.15, 0.2) is 66.9 Å². The van der Waals surface area contributed by atoms with Gasteiger partial charge in [-0.1, -0.05) is 41.9 Å². The summed E-state index contributed by atoms with van der Waals surface area (Å²) in [5.41, 5.74) is -0.986. The highest BCUT2D eigenvalue weighted by Gasteiger charge is 2.32. The fourth-order valence-corrected chi connectivity index (χ4v) is 2.80. The van der Waals surface area contributed by atoms with Gasteiger partial charge in [-0.25, -0.2) is 0 Å². The second-order valence-corrected chi connectivity index (χ2v) is 6.58. The number of halogens is 4. The summed E-state index contributed by atoms with van der Waals surface area (Å²) in [7, 11) is 0. The third-order valence-corrected chi connectivity index (χ3v) is 4.39. The van der Waals surface area contributed by atoms with Gasteiger partial charge < -0.3 is 20.2 Å². The first-order valence-corrected chi connectivity index (χ1v) is 9.03. The molecule has 0 aliphatic carbocycles. The zero-order valence-electron chi connectivity index (χ0n) is 15.5. The maximum Gasteiger partial charge on any atom is 0.416 e. The fourth-order valence-electron chi connectivity index (χ4n) is 2.63. The first-order valence-electron chi connectivity index (χ1n) is 8.65. The molecule has 0 aliphatic rings. The van der Waals surface area contributed by atoms with Gasteiger partial charge in [-0.3, -0.25) is 4.79 Å². The summed E-state index contributed by atoms with van der Waals surface area (Å²) < 4.78 is 44.6. The van der Waals surface area contributed by atoms with E-state index in [1.807, 2.05) is 0 Å². The van der Waals surface area contributed by atoms with E-state index in [2.05, 4.69) is 10.3 Å². The largest absolute Gasteiger partial charge is 0.467 e. The van der Waals surface area contributed by atoms with Crippen molar-refractivity contribution in [1.29, 1.82) is 0 Å². The van der Waals surface area contributed by atoms with Crippen LogP contribution in [0.1, 0.15) is 17.2 Å². The number of amides is 1. The van der Waals surface area contributed by atoms with E-state index in [1.165, 1.54) is 30.5 Å². The number of hydrogen-bond acceptors (Lipinski definition) is 5. The van der Waals surface area contributed by atoms with Gasteiger partial charge in [-0.2, -0.15) is 13.2 Å². The highest BCUT2D eigenvalue weighted by atomic mass is 35.5. The lowest BCUT2D eigenvalue weighted by atomic mass is 10.1. The number of carbonyl (C=O) groups is 1. The highest BCUT2D eigenvalue weighted by Crippen LogP contribution is 2.35. The van der Waals surface area contributed by atoms with Crippen LogP contribution in [0.25, 0.3) is 0 Å². The number of aromatic nitrogens is 1. The molecule has 3 aromatic rings. The van der Waals surface area contributed by atoms with Gasteiger partial charge in [0.1, 0.15) is 6.20 Å². The molecule has 3 rings (SSSR count). The number of benzene rings is 2. The molecule has 7 nitrogen and oxygen atoms in total. The molecule has 0 radical (unpaired) electrons. The van der Waals surface area contributed by atoms with E-state index in [0.29, 0.717) is 11.6 Å². The standard InChI is InChI=1S/C20H13ClF3N3O4/c21-14-9-8-13(20(22,23)24)11-15(14)26-19(28)17(12-5-2-1-3-6-12)31-16-7-4-10-25-18(16)27(29)30/h1-11,17H,(H,26,28). The van der Waals surface area contributed by atoms with E-state index < -0.39 is 34.5 Å². The topological polar surface area (TPSA) is 94.4 Å². The normalized spacial score (nSPS) is 12.1. The maximum absolute atomic E-state index is 13.0. The quantitative estimate of drug-likeness (QED) is 0.399. The molecule has 0 saturated heterocycles. The number of hydrogen-bond donors (Lipinski definition) is 1.